The smallest absolute Gasteiger partial charge is 0.212 e. The van der Waals surface area contributed by atoms with Crippen molar-refractivity contribution in [3.05, 3.63) is 0 Å². The fourth-order valence-electron chi connectivity index (χ4n) is 0.555. The Bertz CT molecular complexity index is 207. The zero-order valence-corrected chi connectivity index (χ0v) is 7.55. The number of rotatable bonds is 4. The highest BCUT2D eigenvalue weighted by atomic mass is 35.7. The molecule has 0 radical (unpaired) electrons. The molecule has 0 aromatic carbocycles. The lowest BCUT2D eigenvalue weighted by Gasteiger charge is -2.07. The molecule has 0 aromatic rings. The van der Waals surface area contributed by atoms with Gasteiger partial charge in [0.2, 0.25) is 15.0 Å². The molecule has 68 valence electrons. The molecule has 0 amide bonds. The van der Waals surface area contributed by atoms with E-state index in [-0.39, 0.29) is 6.42 Å². The highest BCUT2D eigenvalue weighted by Crippen LogP contribution is 2.19. The molecular weight excluding hydrogens is 198 g/mol. The molecule has 0 aromatic heterocycles. The Morgan fingerprint density at radius 1 is 1.45 bits per heavy atom. The molecule has 0 unspecified atom stereocenters. The normalized spacial score (nSPS) is 13.5. The molecule has 0 fully saturated rings. The molecule has 0 aliphatic rings. The number of hydrogen-bond donors (Lipinski definition) is 0. The van der Waals surface area contributed by atoms with E-state index in [4.69, 9.17) is 10.7 Å². The van der Waals surface area contributed by atoms with E-state index in [0.717, 1.165) is 6.92 Å². The summed E-state index contributed by atoms with van der Waals surface area (Å²) in [4.78, 5) is 0. The third kappa shape index (κ3) is 10.1. The molecule has 0 heterocycles. The van der Waals surface area contributed by atoms with Gasteiger partial charge in [-0.05, 0) is 13.3 Å². The lowest BCUT2D eigenvalue weighted by atomic mass is 10.2. The minimum absolute atomic E-state index is 0.102. The monoisotopic (exact) mass is 206 g/mol. The second-order valence-electron chi connectivity index (χ2n) is 2.42. The summed E-state index contributed by atoms with van der Waals surface area (Å²) in [7, 11) is 1.18. The zero-order chi connectivity index (χ0) is 9.12. The van der Waals surface area contributed by atoms with Crippen LogP contribution in [-0.4, -0.2) is 20.1 Å². The molecular formula is C5H9ClF2O2S. The highest BCUT2D eigenvalue weighted by molar-refractivity contribution is 8.13. The first-order valence-electron chi connectivity index (χ1n) is 3.01. The maximum atomic E-state index is 12.1. The molecule has 6 heteroatoms. The molecule has 2 nitrogen and oxygen atoms in total. The maximum Gasteiger partial charge on any atom is 0.245 e. The van der Waals surface area contributed by atoms with Crippen LogP contribution < -0.4 is 0 Å². The molecule has 0 aliphatic carbocycles. The lowest BCUT2D eigenvalue weighted by Crippen LogP contribution is -2.11. The van der Waals surface area contributed by atoms with Crippen LogP contribution in [0.15, 0.2) is 0 Å². The van der Waals surface area contributed by atoms with Crippen molar-refractivity contribution < 1.29 is 17.2 Å². The van der Waals surface area contributed by atoms with E-state index in [2.05, 4.69) is 0 Å². The third-order valence-electron chi connectivity index (χ3n) is 1.00. The SMILES string of the molecule is CC(F)(F)CCCS(=O)(=O)Cl. The van der Waals surface area contributed by atoms with Crippen LogP contribution in [0.5, 0.6) is 0 Å². The second-order valence-corrected chi connectivity index (χ2v) is 5.31. The van der Waals surface area contributed by atoms with Crippen molar-refractivity contribution in [3.8, 4) is 0 Å². The van der Waals surface area contributed by atoms with E-state index < -0.39 is 27.1 Å². The zero-order valence-electron chi connectivity index (χ0n) is 5.98. The van der Waals surface area contributed by atoms with Crippen LogP contribution in [-0.2, 0) is 9.05 Å². The Balaban J connectivity index is 3.61. The van der Waals surface area contributed by atoms with Crippen LogP contribution in [0.2, 0.25) is 0 Å². The van der Waals surface area contributed by atoms with Crippen molar-refractivity contribution in [2.24, 2.45) is 0 Å². The highest BCUT2D eigenvalue weighted by Gasteiger charge is 2.21. The molecule has 0 spiro atoms. The first-order chi connectivity index (χ1) is 4.71. The van der Waals surface area contributed by atoms with Gasteiger partial charge < -0.3 is 0 Å². The van der Waals surface area contributed by atoms with Crippen molar-refractivity contribution in [3.63, 3.8) is 0 Å². The average Bonchev–Trinajstić information content (AvgIpc) is 1.55. The van der Waals surface area contributed by atoms with Gasteiger partial charge in [-0.2, -0.15) is 0 Å². The van der Waals surface area contributed by atoms with Gasteiger partial charge in [0.15, 0.2) is 0 Å². The van der Waals surface area contributed by atoms with Gasteiger partial charge in [0, 0.05) is 17.1 Å². The number of alkyl halides is 2. The molecule has 0 rings (SSSR count). The predicted octanol–water partition coefficient (Wildman–Crippen LogP) is 1.99. The van der Waals surface area contributed by atoms with Crippen molar-refractivity contribution in [2.45, 2.75) is 25.7 Å². The van der Waals surface area contributed by atoms with Crippen molar-refractivity contribution in [1.82, 2.24) is 0 Å². The molecule has 0 N–H and O–H groups in total. The molecule has 0 bridgehead atoms. The standard InChI is InChI=1S/C5H9ClF2O2S/c1-5(7,8)3-2-4-11(6,9)10/h2-4H2,1H3. The molecule has 0 atom stereocenters. The first-order valence-corrected chi connectivity index (χ1v) is 5.49. The van der Waals surface area contributed by atoms with E-state index in [1.54, 1.807) is 0 Å². The minimum Gasteiger partial charge on any atom is -0.212 e. The molecule has 11 heavy (non-hydrogen) atoms. The topological polar surface area (TPSA) is 34.1 Å². The fourth-order valence-corrected chi connectivity index (χ4v) is 1.37. The molecule has 0 saturated heterocycles. The van der Waals surface area contributed by atoms with E-state index >= 15 is 0 Å². The Labute approximate surface area is 69.0 Å². The molecule has 0 aliphatic heterocycles. The van der Waals surface area contributed by atoms with Gasteiger partial charge in [0.05, 0.1) is 5.75 Å². The van der Waals surface area contributed by atoms with E-state index in [0.29, 0.717) is 0 Å². The third-order valence-corrected chi connectivity index (χ3v) is 2.24. The number of halogens is 3. The van der Waals surface area contributed by atoms with E-state index in [1.807, 2.05) is 0 Å². The summed E-state index contributed by atoms with van der Waals surface area (Å²) in [6.07, 6.45) is -0.547. The van der Waals surface area contributed by atoms with Gasteiger partial charge in [-0.25, -0.2) is 17.2 Å². The fraction of sp³-hybridized carbons (Fsp3) is 1.00. The summed E-state index contributed by atoms with van der Waals surface area (Å²) < 4.78 is 44.6. The van der Waals surface area contributed by atoms with Crippen LogP contribution in [0.25, 0.3) is 0 Å². The Hall–Kier alpha value is 0.1000. The van der Waals surface area contributed by atoms with Crippen LogP contribution in [0.3, 0.4) is 0 Å². The van der Waals surface area contributed by atoms with E-state index in [9.17, 15) is 17.2 Å². The van der Waals surface area contributed by atoms with Gasteiger partial charge in [0.25, 0.3) is 0 Å². The summed E-state index contributed by atoms with van der Waals surface area (Å²) in [5.74, 6) is -3.19. The second kappa shape index (κ2) is 3.67. The first kappa shape index (κ1) is 11.1. The summed E-state index contributed by atoms with van der Waals surface area (Å²) in [5.41, 5.74) is 0. The van der Waals surface area contributed by atoms with Crippen LogP contribution in [0.4, 0.5) is 8.78 Å². The Morgan fingerprint density at radius 3 is 2.18 bits per heavy atom. The number of hydrogen-bond acceptors (Lipinski definition) is 2. The molecule has 0 saturated carbocycles. The summed E-state index contributed by atoms with van der Waals surface area (Å²) in [6, 6.07) is 0. The van der Waals surface area contributed by atoms with Crippen molar-refractivity contribution in [1.29, 1.82) is 0 Å². The lowest BCUT2D eigenvalue weighted by molar-refractivity contribution is 0.0125. The quantitative estimate of drug-likeness (QED) is 0.660. The summed E-state index contributed by atoms with van der Waals surface area (Å²) in [5, 5.41) is 0. The van der Waals surface area contributed by atoms with Gasteiger partial charge >= 0.3 is 0 Å². The van der Waals surface area contributed by atoms with Crippen LogP contribution >= 0.6 is 10.7 Å². The van der Waals surface area contributed by atoms with Crippen molar-refractivity contribution >= 4 is 19.7 Å². The predicted molar refractivity (Wildman–Crippen MR) is 39.5 cm³/mol. The van der Waals surface area contributed by atoms with Crippen LogP contribution in [0, 0.1) is 0 Å². The Kier molecular flexibility index (Phi) is 3.70. The minimum atomic E-state index is -3.61. The summed E-state index contributed by atoms with van der Waals surface area (Å²) >= 11 is 0. The summed E-state index contributed by atoms with van der Waals surface area (Å²) in [6.45, 7) is 0.744. The average molecular weight is 207 g/mol. The van der Waals surface area contributed by atoms with Gasteiger partial charge in [0.1, 0.15) is 0 Å². The largest absolute Gasteiger partial charge is 0.245 e. The van der Waals surface area contributed by atoms with Crippen molar-refractivity contribution in [2.75, 3.05) is 5.75 Å². The van der Waals surface area contributed by atoms with E-state index in [1.165, 1.54) is 0 Å². The van der Waals surface area contributed by atoms with Gasteiger partial charge in [-0.1, -0.05) is 0 Å². The Morgan fingerprint density at radius 2 is 1.91 bits per heavy atom. The van der Waals surface area contributed by atoms with Crippen LogP contribution in [0.1, 0.15) is 19.8 Å². The maximum absolute atomic E-state index is 12.1. The van der Waals surface area contributed by atoms with Gasteiger partial charge in [-0.15, -0.1) is 0 Å². The van der Waals surface area contributed by atoms with Gasteiger partial charge in [-0.3, -0.25) is 0 Å².